The number of alkyl halides is 3. The molecule has 1 N–H and O–H groups in total. The first-order valence-corrected chi connectivity index (χ1v) is 16.7. The molecular formula is C34H26ClF4NO3SSe. The summed E-state index contributed by atoms with van der Waals surface area (Å²) in [5, 5.41) is 9.67. The van der Waals surface area contributed by atoms with E-state index in [1.807, 2.05) is 50.2 Å². The van der Waals surface area contributed by atoms with Crippen molar-refractivity contribution in [2.75, 3.05) is 6.61 Å². The number of hydrogen-bond acceptors (Lipinski definition) is 4. The van der Waals surface area contributed by atoms with Crippen molar-refractivity contribution in [3.63, 3.8) is 0 Å². The molecule has 1 atom stereocenters. The average Bonchev–Trinajstić information content (AvgIpc) is 3.39. The molecule has 0 bridgehead atoms. The fourth-order valence-corrected chi connectivity index (χ4v) is 9.16. The molecule has 45 heavy (non-hydrogen) atoms. The van der Waals surface area contributed by atoms with Gasteiger partial charge in [-0.15, -0.1) is 0 Å². The van der Waals surface area contributed by atoms with Gasteiger partial charge in [0, 0.05) is 0 Å². The van der Waals surface area contributed by atoms with Crippen LogP contribution in [-0.4, -0.2) is 37.6 Å². The number of aliphatic carboxylic acids is 1. The molecule has 5 rings (SSSR count). The van der Waals surface area contributed by atoms with Crippen molar-refractivity contribution < 1.29 is 32.2 Å². The Morgan fingerprint density at radius 3 is 2.24 bits per heavy atom. The Hall–Kier alpha value is -3.69. The molecule has 4 nitrogen and oxygen atoms in total. The van der Waals surface area contributed by atoms with E-state index in [2.05, 4.69) is 0 Å². The monoisotopic (exact) mass is 719 g/mol. The second-order valence-corrected chi connectivity index (χ2v) is 14.4. The number of carboxylic acid groups (broad SMARTS) is 1. The zero-order valence-corrected chi connectivity index (χ0v) is 27.3. The molecule has 0 saturated heterocycles. The van der Waals surface area contributed by atoms with Crippen LogP contribution in [-0.2, 0) is 17.4 Å². The zero-order valence-electron chi connectivity index (χ0n) is 24.0. The van der Waals surface area contributed by atoms with Crippen LogP contribution in [0.15, 0.2) is 84.9 Å². The van der Waals surface area contributed by atoms with Gasteiger partial charge < -0.3 is 0 Å². The van der Waals surface area contributed by atoms with Gasteiger partial charge in [0.05, 0.1) is 0 Å². The summed E-state index contributed by atoms with van der Waals surface area (Å²) in [6.45, 7) is 3.35. The van der Waals surface area contributed by atoms with E-state index in [1.54, 1.807) is 18.2 Å². The third kappa shape index (κ3) is 8.13. The molecule has 0 aliphatic heterocycles. The summed E-state index contributed by atoms with van der Waals surface area (Å²) < 4.78 is 59.5. The topological polar surface area (TPSA) is 59.4 Å². The second-order valence-electron chi connectivity index (χ2n) is 10.3. The number of thiazole rings is 1. The van der Waals surface area contributed by atoms with Crippen molar-refractivity contribution in [2.24, 2.45) is 0 Å². The maximum absolute atomic E-state index is 13.7. The van der Waals surface area contributed by atoms with Gasteiger partial charge in [-0.25, -0.2) is 0 Å². The van der Waals surface area contributed by atoms with Gasteiger partial charge in [-0.1, -0.05) is 0 Å². The molecule has 1 aromatic heterocycles. The van der Waals surface area contributed by atoms with Crippen molar-refractivity contribution in [2.45, 2.75) is 31.3 Å². The first-order valence-electron chi connectivity index (χ1n) is 13.7. The molecule has 1 heterocycles. The molecule has 0 aliphatic rings. The van der Waals surface area contributed by atoms with Crippen LogP contribution < -0.4 is 9.20 Å². The summed E-state index contributed by atoms with van der Waals surface area (Å²) in [5.41, 5.74) is 4.31. The van der Waals surface area contributed by atoms with Crippen molar-refractivity contribution in [3.8, 4) is 27.4 Å². The second kappa shape index (κ2) is 13.7. The van der Waals surface area contributed by atoms with Crippen LogP contribution >= 0.6 is 22.9 Å². The van der Waals surface area contributed by atoms with Gasteiger partial charge in [-0.3, -0.25) is 0 Å². The van der Waals surface area contributed by atoms with Crippen molar-refractivity contribution in [1.82, 2.24) is 4.98 Å². The Balaban J connectivity index is 1.45. The third-order valence-corrected chi connectivity index (χ3v) is 11.5. The molecule has 0 fully saturated rings. The van der Waals surface area contributed by atoms with E-state index in [4.69, 9.17) is 26.4 Å². The number of rotatable bonds is 10. The van der Waals surface area contributed by atoms with Gasteiger partial charge in [0.25, 0.3) is 0 Å². The Morgan fingerprint density at radius 1 is 0.956 bits per heavy atom. The summed E-state index contributed by atoms with van der Waals surface area (Å²) in [5.74, 6) is -1.03. The molecule has 0 radical (unpaired) electrons. The molecule has 0 amide bonds. The van der Waals surface area contributed by atoms with Crippen molar-refractivity contribution >= 4 is 48.3 Å². The molecule has 0 aliphatic carbocycles. The number of aromatic nitrogens is 1. The number of carboxylic acids is 1. The minimum atomic E-state index is -4.42. The van der Waals surface area contributed by atoms with E-state index in [0.717, 1.165) is 49.4 Å². The van der Waals surface area contributed by atoms with Crippen LogP contribution in [0.1, 0.15) is 32.1 Å². The van der Waals surface area contributed by atoms with Gasteiger partial charge in [0.1, 0.15) is 0 Å². The fourth-order valence-electron chi connectivity index (χ4n) is 4.70. The Morgan fingerprint density at radius 2 is 1.62 bits per heavy atom. The number of nitrogens with zero attached hydrogens (tertiary/aromatic N) is 1. The Labute approximate surface area is 272 Å². The third-order valence-electron chi connectivity index (χ3n) is 6.99. The molecule has 4 aromatic carbocycles. The van der Waals surface area contributed by atoms with E-state index >= 15 is 0 Å². The first kappa shape index (κ1) is 32.7. The molecule has 1 unspecified atom stereocenters. The number of halogens is 5. The number of hydrogen-bond donors (Lipinski definition) is 1. The van der Waals surface area contributed by atoms with Crippen LogP contribution in [0.2, 0.25) is 5.02 Å². The summed E-state index contributed by atoms with van der Waals surface area (Å²) in [6, 6.07) is 23.3. The van der Waals surface area contributed by atoms with E-state index in [-0.39, 0.29) is 24.8 Å². The SMILES string of the molecule is Cc1cc([Se]C(Cc2ccc(-c3ccc(F)c(Cl)c3)cc2)c2sc(-c3ccc(C(F)(F)F)cc3)nc2C)ccc1OCC(=O)O. The summed E-state index contributed by atoms with van der Waals surface area (Å²) in [6.07, 6.45) is -3.74. The Bertz CT molecular complexity index is 1830. The maximum atomic E-state index is 13.7. The fraction of sp³-hybridized carbons (Fsp3) is 0.176. The van der Waals surface area contributed by atoms with E-state index in [9.17, 15) is 22.4 Å². The van der Waals surface area contributed by atoms with E-state index in [1.165, 1.54) is 29.5 Å². The van der Waals surface area contributed by atoms with Gasteiger partial charge in [-0.2, -0.15) is 0 Å². The predicted molar refractivity (Wildman–Crippen MR) is 170 cm³/mol. The summed E-state index contributed by atoms with van der Waals surface area (Å²) in [7, 11) is 0. The van der Waals surface area contributed by atoms with Crippen LogP contribution in [0.5, 0.6) is 5.75 Å². The van der Waals surface area contributed by atoms with Crippen LogP contribution in [0.4, 0.5) is 17.6 Å². The number of benzene rings is 4. The summed E-state index contributed by atoms with van der Waals surface area (Å²) >= 11 is 7.36. The van der Waals surface area contributed by atoms with E-state index < -0.39 is 30.1 Å². The predicted octanol–water partition coefficient (Wildman–Crippen LogP) is 8.68. The molecule has 5 aromatic rings. The van der Waals surface area contributed by atoms with E-state index in [0.29, 0.717) is 22.7 Å². The Kier molecular flexibility index (Phi) is 9.99. The normalized spacial score (nSPS) is 12.2. The number of carbonyl (C=O) groups is 1. The standard InChI is InChI=1S/C34H26ClF4NO3SSe/c1-19-15-26(12-14-29(19)43-18-31(41)42)45-30(16-21-3-5-22(6-4-21)24-9-13-28(36)27(35)17-24)32-20(2)40-33(44-32)23-7-10-25(11-8-23)34(37,38)39/h3-15,17,30H,16,18H2,1-2H3,(H,41,42). The van der Waals surface area contributed by atoms with Crippen molar-refractivity contribution in [3.05, 3.63) is 123 Å². The molecule has 11 heteroatoms. The van der Waals surface area contributed by atoms with Gasteiger partial charge in [-0.05, 0) is 0 Å². The molecule has 0 spiro atoms. The average molecular weight is 719 g/mol. The van der Waals surface area contributed by atoms with Crippen LogP contribution in [0.25, 0.3) is 21.7 Å². The molecule has 0 saturated carbocycles. The van der Waals surface area contributed by atoms with Gasteiger partial charge in [0.15, 0.2) is 0 Å². The zero-order chi connectivity index (χ0) is 32.3. The number of ether oxygens (including phenoxy) is 1. The molecule has 232 valence electrons. The van der Waals surface area contributed by atoms with Crippen LogP contribution in [0.3, 0.4) is 0 Å². The van der Waals surface area contributed by atoms with Crippen LogP contribution in [0, 0.1) is 19.7 Å². The van der Waals surface area contributed by atoms with Crippen molar-refractivity contribution in [1.29, 1.82) is 0 Å². The summed E-state index contributed by atoms with van der Waals surface area (Å²) in [4.78, 5) is 16.8. The van der Waals surface area contributed by atoms with Gasteiger partial charge in [0.2, 0.25) is 0 Å². The first-order chi connectivity index (χ1) is 21.4. The minimum absolute atomic E-state index is 0.0366. The quantitative estimate of drug-likeness (QED) is 0.116. The number of aryl methyl sites for hydroxylation is 2. The molecular weight excluding hydrogens is 693 g/mol. The van der Waals surface area contributed by atoms with Gasteiger partial charge >= 0.3 is 274 Å².